The summed E-state index contributed by atoms with van der Waals surface area (Å²) in [7, 11) is 0. The normalized spacial score (nSPS) is 10.5. The first-order valence-electron chi connectivity index (χ1n) is 9.88. The van der Waals surface area contributed by atoms with E-state index in [0.717, 1.165) is 27.0 Å². The van der Waals surface area contributed by atoms with Crippen LogP contribution < -0.4 is 20.1 Å². The standard InChI is InChI=1S/C24H24BrClN2O3/c1-3-30-20-9-7-19(8-10-20)27-14-17-5-11-23(21(25)12-17)31-15-24(29)28-22-13-18(26)6-4-16(22)2/h4-13,27H,3,14-15H2,1-2H3,(H,28,29). The molecule has 3 rings (SSSR count). The highest BCUT2D eigenvalue weighted by molar-refractivity contribution is 9.10. The van der Waals surface area contributed by atoms with Gasteiger partial charge in [0.25, 0.3) is 5.91 Å². The molecule has 0 aliphatic heterocycles. The molecule has 162 valence electrons. The lowest BCUT2D eigenvalue weighted by molar-refractivity contribution is -0.118. The van der Waals surface area contributed by atoms with Gasteiger partial charge in [0.05, 0.1) is 11.1 Å². The lowest BCUT2D eigenvalue weighted by atomic mass is 10.2. The van der Waals surface area contributed by atoms with Crippen molar-refractivity contribution in [3.05, 3.63) is 81.3 Å². The first kappa shape index (κ1) is 23.0. The number of hydrogen-bond acceptors (Lipinski definition) is 4. The molecule has 0 fully saturated rings. The number of nitrogens with one attached hydrogen (secondary N) is 2. The third-order valence-corrected chi connectivity index (χ3v) is 5.35. The highest BCUT2D eigenvalue weighted by atomic mass is 79.9. The van der Waals surface area contributed by atoms with Crippen LogP contribution in [0.4, 0.5) is 11.4 Å². The van der Waals surface area contributed by atoms with Crippen LogP contribution in [0.5, 0.6) is 11.5 Å². The van der Waals surface area contributed by atoms with Gasteiger partial charge in [-0.15, -0.1) is 0 Å². The van der Waals surface area contributed by atoms with Crippen LogP contribution in [0.2, 0.25) is 5.02 Å². The van der Waals surface area contributed by atoms with E-state index in [1.165, 1.54) is 0 Å². The van der Waals surface area contributed by atoms with Gasteiger partial charge in [-0.05, 0) is 89.4 Å². The van der Waals surface area contributed by atoms with Crippen LogP contribution in [-0.4, -0.2) is 19.1 Å². The average molecular weight is 504 g/mol. The number of ether oxygens (including phenoxy) is 2. The summed E-state index contributed by atoms with van der Waals surface area (Å²) in [6, 6.07) is 19.0. The predicted molar refractivity (Wildman–Crippen MR) is 129 cm³/mol. The van der Waals surface area contributed by atoms with E-state index < -0.39 is 0 Å². The van der Waals surface area contributed by atoms with Crippen LogP contribution in [-0.2, 0) is 11.3 Å². The minimum absolute atomic E-state index is 0.103. The van der Waals surface area contributed by atoms with Crippen molar-refractivity contribution < 1.29 is 14.3 Å². The summed E-state index contributed by atoms with van der Waals surface area (Å²) in [6.45, 7) is 5.07. The number of aryl methyl sites for hydroxylation is 1. The van der Waals surface area contributed by atoms with Crippen molar-refractivity contribution >= 4 is 44.8 Å². The van der Waals surface area contributed by atoms with Crippen molar-refractivity contribution in [3.8, 4) is 11.5 Å². The Morgan fingerprint density at radius 3 is 2.52 bits per heavy atom. The summed E-state index contributed by atoms with van der Waals surface area (Å²) in [5.74, 6) is 1.20. The molecule has 0 aliphatic rings. The van der Waals surface area contributed by atoms with E-state index in [1.54, 1.807) is 12.1 Å². The molecule has 3 aromatic rings. The molecule has 2 N–H and O–H groups in total. The van der Waals surface area contributed by atoms with Gasteiger partial charge in [0.1, 0.15) is 11.5 Å². The maximum Gasteiger partial charge on any atom is 0.262 e. The third-order valence-electron chi connectivity index (χ3n) is 4.49. The van der Waals surface area contributed by atoms with E-state index in [2.05, 4.69) is 26.6 Å². The smallest absolute Gasteiger partial charge is 0.262 e. The van der Waals surface area contributed by atoms with Crippen LogP contribution in [0.3, 0.4) is 0 Å². The van der Waals surface area contributed by atoms with Crippen LogP contribution in [0.25, 0.3) is 0 Å². The summed E-state index contributed by atoms with van der Waals surface area (Å²) in [6.07, 6.45) is 0. The number of rotatable bonds is 9. The summed E-state index contributed by atoms with van der Waals surface area (Å²) >= 11 is 9.51. The molecule has 7 heteroatoms. The molecule has 0 unspecified atom stereocenters. The van der Waals surface area contributed by atoms with Gasteiger partial charge in [0, 0.05) is 22.9 Å². The highest BCUT2D eigenvalue weighted by Gasteiger charge is 2.09. The Hall–Kier alpha value is -2.70. The van der Waals surface area contributed by atoms with Gasteiger partial charge in [-0.2, -0.15) is 0 Å². The van der Waals surface area contributed by atoms with E-state index in [4.69, 9.17) is 21.1 Å². The van der Waals surface area contributed by atoms with Gasteiger partial charge in [0.2, 0.25) is 0 Å². The molecule has 0 saturated heterocycles. The predicted octanol–water partition coefficient (Wildman–Crippen LogP) is 6.44. The SMILES string of the molecule is CCOc1ccc(NCc2ccc(OCC(=O)Nc3cc(Cl)ccc3C)c(Br)c2)cc1. The van der Waals surface area contributed by atoms with E-state index in [-0.39, 0.29) is 12.5 Å². The minimum atomic E-state index is -0.251. The highest BCUT2D eigenvalue weighted by Crippen LogP contribution is 2.27. The first-order valence-corrected chi connectivity index (χ1v) is 11.1. The monoisotopic (exact) mass is 502 g/mol. The molecule has 3 aromatic carbocycles. The molecule has 0 atom stereocenters. The summed E-state index contributed by atoms with van der Waals surface area (Å²) in [5, 5.41) is 6.76. The van der Waals surface area contributed by atoms with Crippen LogP contribution in [0.15, 0.2) is 65.1 Å². The lowest BCUT2D eigenvalue weighted by Crippen LogP contribution is -2.20. The second-order valence-electron chi connectivity index (χ2n) is 6.87. The molecule has 0 aromatic heterocycles. The number of carbonyl (C=O) groups is 1. The molecule has 1 amide bonds. The van der Waals surface area contributed by atoms with Gasteiger partial charge in [-0.25, -0.2) is 0 Å². The Labute approximate surface area is 195 Å². The second-order valence-corrected chi connectivity index (χ2v) is 8.16. The van der Waals surface area contributed by atoms with Crippen molar-refractivity contribution in [3.63, 3.8) is 0 Å². The van der Waals surface area contributed by atoms with E-state index in [0.29, 0.717) is 29.6 Å². The minimum Gasteiger partial charge on any atom is -0.494 e. The molecule has 0 heterocycles. The summed E-state index contributed by atoms with van der Waals surface area (Å²) in [4.78, 5) is 12.2. The molecule has 0 saturated carbocycles. The van der Waals surface area contributed by atoms with Crippen LogP contribution >= 0.6 is 27.5 Å². The van der Waals surface area contributed by atoms with Crippen LogP contribution in [0, 0.1) is 6.92 Å². The topological polar surface area (TPSA) is 59.6 Å². The molecule has 0 aliphatic carbocycles. The van der Waals surface area contributed by atoms with Gasteiger partial charge in [-0.3, -0.25) is 4.79 Å². The zero-order valence-electron chi connectivity index (χ0n) is 17.4. The molecular formula is C24H24BrClN2O3. The fourth-order valence-electron chi connectivity index (χ4n) is 2.87. The molecule has 5 nitrogen and oxygen atoms in total. The quantitative estimate of drug-likeness (QED) is 0.353. The number of anilines is 2. The molecular weight excluding hydrogens is 480 g/mol. The Morgan fingerprint density at radius 1 is 1.03 bits per heavy atom. The van der Waals surface area contributed by atoms with E-state index in [1.807, 2.05) is 62.4 Å². The van der Waals surface area contributed by atoms with Gasteiger partial charge < -0.3 is 20.1 Å². The molecule has 0 spiro atoms. The fourth-order valence-corrected chi connectivity index (χ4v) is 3.58. The Bertz CT molecular complexity index is 1040. The second kappa shape index (κ2) is 11.1. The van der Waals surface area contributed by atoms with Crippen LogP contribution in [0.1, 0.15) is 18.1 Å². The molecule has 0 bridgehead atoms. The lowest BCUT2D eigenvalue weighted by Gasteiger charge is -2.12. The Morgan fingerprint density at radius 2 is 1.81 bits per heavy atom. The average Bonchev–Trinajstić information content (AvgIpc) is 2.75. The largest absolute Gasteiger partial charge is 0.494 e. The van der Waals surface area contributed by atoms with Crippen molar-refractivity contribution in [1.29, 1.82) is 0 Å². The zero-order chi connectivity index (χ0) is 22.2. The number of halogens is 2. The molecule has 0 radical (unpaired) electrons. The van der Waals surface area contributed by atoms with Gasteiger partial charge in [-0.1, -0.05) is 23.7 Å². The third kappa shape index (κ3) is 6.91. The number of benzene rings is 3. The Balaban J connectivity index is 1.51. The molecule has 31 heavy (non-hydrogen) atoms. The Kier molecular flexibility index (Phi) is 8.20. The fraction of sp³-hybridized carbons (Fsp3) is 0.208. The number of carbonyl (C=O) groups excluding carboxylic acids is 1. The zero-order valence-corrected chi connectivity index (χ0v) is 19.7. The summed E-state index contributed by atoms with van der Waals surface area (Å²) in [5.41, 5.74) is 3.69. The van der Waals surface area contributed by atoms with Crippen molar-refractivity contribution in [2.24, 2.45) is 0 Å². The van der Waals surface area contributed by atoms with Gasteiger partial charge in [0.15, 0.2) is 6.61 Å². The van der Waals surface area contributed by atoms with Crippen molar-refractivity contribution in [2.75, 3.05) is 23.8 Å². The van der Waals surface area contributed by atoms with Gasteiger partial charge >= 0.3 is 0 Å². The van der Waals surface area contributed by atoms with E-state index >= 15 is 0 Å². The summed E-state index contributed by atoms with van der Waals surface area (Å²) < 4.78 is 11.9. The maximum atomic E-state index is 12.2. The number of amides is 1. The van der Waals surface area contributed by atoms with E-state index in [9.17, 15) is 4.79 Å². The van der Waals surface area contributed by atoms with Crippen molar-refractivity contribution in [1.82, 2.24) is 0 Å². The first-order chi connectivity index (χ1) is 14.9. The number of hydrogen-bond donors (Lipinski definition) is 2. The van der Waals surface area contributed by atoms with Crippen molar-refractivity contribution in [2.45, 2.75) is 20.4 Å². The maximum absolute atomic E-state index is 12.2.